The predicted octanol–water partition coefficient (Wildman–Crippen LogP) is 4.56. The first-order valence-corrected chi connectivity index (χ1v) is 10.8. The molecule has 156 valence electrons. The first-order valence-electron chi connectivity index (χ1n) is 9.61. The van der Waals surface area contributed by atoms with Gasteiger partial charge in [-0.3, -0.25) is 9.59 Å². The van der Waals surface area contributed by atoms with Gasteiger partial charge in [0.05, 0.1) is 5.69 Å². The Morgan fingerprint density at radius 3 is 2.71 bits per heavy atom. The molecular weight excluding hydrogens is 432 g/mol. The van der Waals surface area contributed by atoms with Crippen molar-refractivity contribution in [3.8, 4) is 11.3 Å². The van der Waals surface area contributed by atoms with Crippen LogP contribution in [-0.4, -0.2) is 20.7 Å². The highest BCUT2D eigenvalue weighted by atomic mass is 35.5. The number of rotatable bonds is 6. The van der Waals surface area contributed by atoms with Gasteiger partial charge in [-0.15, -0.1) is 11.3 Å². The van der Waals surface area contributed by atoms with E-state index in [9.17, 15) is 9.59 Å². The van der Waals surface area contributed by atoms with E-state index in [-0.39, 0.29) is 18.0 Å². The maximum Gasteiger partial charge on any atom is 0.267 e. The molecule has 2 heterocycles. The molecular formula is C23H19ClN4O2S. The van der Waals surface area contributed by atoms with Crippen LogP contribution in [0.25, 0.3) is 11.3 Å². The molecule has 0 spiro atoms. The van der Waals surface area contributed by atoms with Crippen molar-refractivity contribution in [3.05, 3.63) is 98.2 Å². The van der Waals surface area contributed by atoms with E-state index in [1.807, 2.05) is 55.5 Å². The van der Waals surface area contributed by atoms with E-state index in [1.54, 1.807) is 12.3 Å². The van der Waals surface area contributed by atoms with Gasteiger partial charge in [-0.2, -0.15) is 5.10 Å². The van der Waals surface area contributed by atoms with Crippen LogP contribution < -0.4 is 10.9 Å². The molecule has 8 heteroatoms. The van der Waals surface area contributed by atoms with Crippen LogP contribution in [0.3, 0.4) is 0 Å². The summed E-state index contributed by atoms with van der Waals surface area (Å²) in [4.78, 5) is 29.9. The smallest absolute Gasteiger partial charge is 0.267 e. The van der Waals surface area contributed by atoms with Crippen LogP contribution in [0, 0.1) is 6.92 Å². The molecule has 1 amide bonds. The van der Waals surface area contributed by atoms with Crippen molar-refractivity contribution in [2.45, 2.75) is 19.9 Å². The van der Waals surface area contributed by atoms with Crippen molar-refractivity contribution in [3.63, 3.8) is 0 Å². The van der Waals surface area contributed by atoms with E-state index in [1.165, 1.54) is 17.4 Å². The van der Waals surface area contributed by atoms with E-state index in [0.29, 0.717) is 17.2 Å². The Labute approximate surface area is 188 Å². The van der Waals surface area contributed by atoms with Gasteiger partial charge < -0.3 is 5.32 Å². The number of nitrogens with zero attached hydrogens (tertiary/aromatic N) is 3. The highest BCUT2D eigenvalue weighted by Gasteiger charge is 2.11. The first-order chi connectivity index (χ1) is 15.0. The molecule has 0 aliphatic heterocycles. The lowest BCUT2D eigenvalue weighted by molar-refractivity contribution is -0.117. The average Bonchev–Trinajstić information content (AvgIpc) is 3.19. The molecule has 6 nitrogen and oxygen atoms in total. The normalized spacial score (nSPS) is 10.8. The van der Waals surface area contributed by atoms with Crippen molar-refractivity contribution < 1.29 is 4.79 Å². The lowest BCUT2D eigenvalue weighted by atomic mass is 10.1. The minimum absolute atomic E-state index is 0.192. The van der Waals surface area contributed by atoms with Crippen LogP contribution in [0.5, 0.6) is 0 Å². The monoisotopic (exact) mass is 450 g/mol. The number of hydrogen-bond acceptors (Lipinski definition) is 5. The average molecular weight is 451 g/mol. The largest absolute Gasteiger partial charge is 0.300 e. The lowest BCUT2D eigenvalue weighted by Gasteiger charge is -2.07. The molecule has 2 aromatic heterocycles. The Kier molecular flexibility index (Phi) is 6.25. The van der Waals surface area contributed by atoms with Gasteiger partial charge in [-0.25, -0.2) is 9.67 Å². The zero-order chi connectivity index (χ0) is 21.8. The van der Waals surface area contributed by atoms with Crippen LogP contribution in [0.4, 0.5) is 5.13 Å². The number of anilines is 1. The van der Waals surface area contributed by atoms with Gasteiger partial charge in [0.2, 0.25) is 5.91 Å². The van der Waals surface area contributed by atoms with Gasteiger partial charge in [-0.1, -0.05) is 54.1 Å². The minimum Gasteiger partial charge on any atom is -0.300 e. The molecule has 0 atom stereocenters. The number of aryl methyl sites for hydroxylation is 1. The van der Waals surface area contributed by atoms with Crippen LogP contribution in [0.15, 0.2) is 71.7 Å². The summed E-state index contributed by atoms with van der Waals surface area (Å²) in [5.74, 6) is -0.362. The molecule has 0 unspecified atom stereocenters. The summed E-state index contributed by atoms with van der Waals surface area (Å²) in [7, 11) is 0. The Balaban J connectivity index is 1.42. The fourth-order valence-corrected chi connectivity index (χ4v) is 4.08. The van der Waals surface area contributed by atoms with Crippen LogP contribution in [0.1, 0.15) is 16.0 Å². The Morgan fingerprint density at radius 1 is 1.13 bits per heavy atom. The maximum atomic E-state index is 12.5. The third kappa shape index (κ3) is 5.25. The number of nitrogens with one attached hydrogen (secondary N) is 1. The molecule has 0 fully saturated rings. The lowest BCUT2D eigenvalue weighted by Crippen LogP contribution is -2.29. The molecule has 1 N–H and O–H groups in total. The predicted molar refractivity (Wildman–Crippen MR) is 124 cm³/mol. The molecule has 0 saturated carbocycles. The SMILES string of the molecule is Cc1ccc(Cc2cnc(NC(=O)Cn3nc(-c4ccccc4)ccc3=O)s2)cc1Cl. The summed E-state index contributed by atoms with van der Waals surface area (Å²) in [6.45, 7) is 1.77. The topological polar surface area (TPSA) is 76.9 Å². The molecule has 0 bridgehead atoms. The maximum absolute atomic E-state index is 12.5. The van der Waals surface area contributed by atoms with E-state index in [2.05, 4.69) is 15.4 Å². The summed E-state index contributed by atoms with van der Waals surface area (Å²) in [5, 5.41) is 8.27. The summed E-state index contributed by atoms with van der Waals surface area (Å²) in [6, 6.07) is 18.5. The highest BCUT2D eigenvalue weighted by molar-refractivity contribution is 7.15. The van der Waals surface area contributed by atoms with Gasteiger partial charge in [0.15, 0.2) is 5.13 Å². The van der Waals surface area contributed by atoms with Gasteiger partial charge >= 0.3 is 0 Å². The fourth-order valence-electron chi connectivity index (χ4n) is 3.01. The first kappa shape index (κ1) is 21.0. The molecule has 2 aromatic carbocycles. The number of amides is 1. The number of aromatic nitrogens is 3. The van der Waals surface area contributed by atoms with E-state index < -0.39 is 0 Å². The summed E-state index contributed by atoms with van der Waals surface area (Å²) in [5.41, 5.74) is 3.26. The second-order valence-corrected chi connectivity index (χ2v) is 8.54. The van der Waals surface area contributed by atoms with Crippen LogP contribution in [0.2, 0.25) is 5.02 Å². The van der Waals surface area contributed by atoms with E-state index in [0.717, 1.165) is 31.3 Å². The number of hydrogen-bond donors (Lipinski definition) is 1. The summed E-state index contributed by atoms with van der Waals surface area (Å²) < 4.78 is 1.15. The number of benzene rings is 2. The fraction of sp³-hybridized carbons (Fsp3) is 0.130. The zero-order valence-corrected chi connectivity index (χ0v) is 18.3. The van der Waals surface area contributed by atoms with E-state index in [4.69, 9.17) is 11.6 Å². The summed E-state index contributed by atoms with van der Waals surface area (Å²) in [6.07, 6.45) is 2.40. The number of carbonyl (C=O) groups is 1. The van der Waals surface area contributed by atoms with Crippen molar-refractivity contribution >= 4 is 34.0 Å². The Morgan fingerprint density at radius 2 is 1.94 bits per heavy atom. The number of carbonyl (C=O) groups excluding carboxylic acids is 1. The quantitative estimate of drug-likeness (QED) is 0.467. The second-order valence-electron chi connectivity index (χ2n) is 7.02. The van der Waals surface area contributed by atoms with Crippen molar-refractivity contribution in [1.29, 1.82) is 0 Å². The van der Waals surface area contributed by atoms with E-state index >= 15 is 0 Å². The van der Waals surface area contributed by atoms with Gasteiger partial charge in [-0.05, 0) is 30.2 Å². The summed E-state index contributed by atoms with van der Waals surface area (Å²) >= 11 is 7.58. The zero-order valence-electron chi connectivity index (χ0n) is 16.7. The molecule has 4 rings (SSSR count). The standard InChI is InChI=1S/C23H19ClN4O2S/c1-15-7-8-16(12-19(15)24)11-18-13-25-23(31-18)26-21(29)14-28-22(30)10-9-20(27-28)17-5-3-2-4-6-17/h2-10,12-13H,11,14H2,1H3,(H,25,26,29). The van der Waals surface area contributed by atoms with Gasteiger partial charge in [0, 0.05) is 34.1 Å². The molecule has 0 saturated heterocycles. The third-order valence-electron chi connectivity index (χ3n) is 4.64. The van der Waals surface area contributed by atoms with Gasteiger partial charge in [0.1, 0.15) is 6.54 Å². The van der Waals surface area contributed by atoms with Crippen LogP contribution in [-0.2, 0) is 17.8 Å². The minimum atomic E-state index is -0.362. The molecule has 4 aromatic rings. The third-order valence-corrected chi connectivity index (χ3v) is 5.96. The van der Waals surface area contributed by atoms with Gasteiger partial charge in [0.25, 0.3) is 5.56 Å². The Hall–Kier alpha value is -3.29. The van der Waals surface area contributed by atoms with Crippen LogP contribution >= 0.6 is 22.9 Å². The Bertz CT molecular complexity index is 1280. The van der Waals surface area contributed by atoms with Crippen molar-refractivity contribution in [1.82, 2.24) is 14.8 Å². The molecule has 0 aliphatic carbocycles. The highest BCUT2D eigenvalue weighted by Crippen LogP contribution is 2.24. The number of halogens is 1. The van der Waals surface area contributed by atoms with Crippen molar-refractivity contribution in [2.75, 3.05) is 5.32 Å². The molecule has 0 radical (unpaired) electrons. The van der Waals surface area contributed by atoms with Crippen molar-refractivity contribution in [2.24, 2.45) is 0 Å². The second kappa shape index (κ2) is 9.24. The molecule has 31 heavy (non-hydrogen) atoms. The molecule has 0 aliphatic rings. The number of thiazole rings is 1.